The van der Waals surface area contributed by atoms with Crippen molar-refractivity contribution in [1.82, 2.24) is 15.5 Å². The summed E-state index contributed by atoms with van der Waals surface area (Å²) in [7, 11) is 1.56. The maximum Gasteiger partial charge on any atom is 0.321 e. The second-order valence-corrected chi connectivity index (χ2v) is 6.27. The zero-order valence-electron chi connectivity index (χ0n) is 15.5. The molecule has 0 spiro atoms. The number of methoxy groups -OCH3 is 1. The Hall–Kier alpha value is -3.03. The van der Waals surface area contributed by atoms with Crippen LogP contribution in [0.25, 0.3) is 0 Å². The van der Waals surface area contributed by atoms with E-state index in [4.69, 9.17) is 4.74 Å². The molecule has 0 unspecified atom stereocenters. The van der Waals surface area contributed by atoms with Gasteiger partial charge in [-0.25, -0.2) is 4.79 Å². The molecule has 3 N–H and O–H groups in total. The second kappa shape index (κ2) is 10.2. The first-order chi connectivity index (χ1) is 13.0. The number of hydrogen-bond acceptors (Lipinski definition) is 4. The SMILES string of the molecule is C=CCNC(=O)C(=O)NCC1CCN(C(=O)Nc2ccccc2OC)CC1. The van der Waals surface area contributed by atoms with Crippen LogP contribution in [-0.4, -0.2) is 56.0 Å². The van der Waals surface area contributed by atoms with Crippen LogP contribution in [0, 0.1) is 5.92 Å². The summed E-state index contributed by atoms with van der Waals surface area (Å²) in [6.07, 6.45) is 3.03. The lowest BCUT2D eigenvalue weighted by atomic mass is 9.97. The fraction of sp³-hybridized carbons (Fsp3) is 0.421. The standard InChI is InChI=1S/C19H26N4O4/c1-3-10-20-17(24)18(25)21-13-14-8-11-23(12-9-14)19(26)22-15-6-4-5-7-16(15)27-2/h3-7,14H,1,8-13H2,2H3,(H,20,24)(H,21,25)(H,22,26). The summed E-state index contributed by atoms with van der Waals surface area (Å²) in [5.41, 5.74) is 0.630. The fourth-order valence-electron chi connectivity index (χ4n) is 2.84. The Morgan fingerprint density at radius 1 is 1.19 bits per heavy atom. The van der Waals surface area contributed by atoms with E-state index in [1.807, 2.05) is 12.1 Å². The lowest BCUT2D eigenvalue weighted by Crippen LogP contribution is -2.45. The maximum absolute atomic E-state index is 12.4. The van der Waals surface area contributed by atoms with Gasteiger partial charge in [0.2, 0.25) is 0 Å². The van der Waals surface area contributed by atoms with Gasteiger partial charge in [0.15, 0.2) is 0 Å². The molecule has 1 fully saturated rings. The predicted molar refractivity (Wildman–Crippen MR) is 103 cm³/mol. The Morgan fingerprint density at radius 2 is 1.85 bits per heavy atom. The van der Waals surface area contributed by atoms with Gasteiger partial charge in [-0.1, -0.05) is 18.2 Å². The summed E-state index contributed by atoms with van der Waals surface area (Å²) < 4.78 is 5.24. The van der Waals surface area contributed by atoms with Gasteiger partial charge in [0.25, 0.3) is 0 Å². The Labute approximate surface area is 158 Å². The van der Waals surface area contributed by atoms with Crippen LogP contribution in [0.2, 0.25) is 0 Å². The number of piperidine rings is 1. The van der Waals surface area contributed by atoms with Crippen LogP contribution in [0.4, 0.5) is 10.5 Å². The van der Waals surface area contributed by atoms with Gasteiger partial charge >= 0.3 is 17.8 Å². The molecule has 1 aliphatic heterocycles. The van der Waals surface area contributed by atoms with Gasteiger partial charge in [0.1, 0.15) is 5.75 Å². The number of ether oxygens (including phenoxy) is 1. The minimum absolute atomic E-state index is 0.175. The summed E-state index contributed by atoms with van der Waals surface area (Å²) in [5.74, 6) is -0.466. The van der Waals surface area contributed by atoms with Gasteiger partial charge in [0, 0.05) is 26.2 Å². The number of rotatable bonds is 6. The van der Waals surface area contributed by atoms with Crippen LogP contribution in [0.5, 0.6) is 5.75 Å². The monoisotopic (exact) mass is 374 g/mol. The number of nitrogens with zero attached hydrogens (tertiary/aromatic N) is 1. The average Bonchev–Trinajstić information content (AvgIpc) is 2.70. The average molecular weight is 374 g/mol. The Bertz CT molecular complexity index is 684. The first-order valence-corrected chi connectivity index (χ1v) is 8.91. The number of urea groups is 1. The van der Waals surface area contributed by atoms with Crippen LogP contribution in [0.15, 0.2) is 36.9 Å². The Balaban J connectivity index is 1.74. The molecule has 0 aromatic heterocycles. The van der Waals surface area contributed by atoms with Crippen molar-refractivity contribution in [2.75, 3.05) is 38.6 Å². The van der Waals surface area contributed by atoms with Crippen molar-refractivity contribution in [3.63, 3.8) is 0 Å². The van der Waals surface area contributed by atoms with Gasteiger partial charge in [-0.15, -0.1) is 6.58 Å². The molecule has 0 radical (unpaired) electrons. The number of nitrogens with one attached hydrogen (secondary N) is 3. The predicted octanol–water partition coefficient (Wildman–Crippen LogP) is 1.36. The summed E-state index contributed by atoms with van der Waals surface area (Å²) >= 11 is 0. The van der Waals surface area contributed by atoms with E-state index >= 15 is 0 Å². The first-order valence-electron chi connectivity index (χ1n) is 8.91. The molecule has 1 aromatic rings. The van der Waals surface area contributed by atoms with E-state index in [0.29, 0.717) is 31.1 Å². The van der Waals surface area contributed by atoms with E-state index in [2.05, 4.69) is 22.5 Å². The van der Waals surface area contributed by atoms with E-state index < -0.39 is 11.8 Å². The number of anilines is 1. The van der Waals surface area contributed by atoms with E-state index in [1.165, 1.54) is 6.08 Å². The minimum atomic E-state index is -0.663. The van der Waals surface area contributed by atoms with Crippen molar-refractivity contribution in [3.05, 3.63) is 36.9 Å². The molecular weight excluding hydrogens is 348 g/mol. The molecular formula is C19H26N4O4. The summed E-state index contributed by atoms with van der Waals surface area (Å²) in [6, 6.07) is 7.07. The van der Waals surface area contributed by atoms with Gasteiger partial charge in [-0.05, 0) is 30.9 Å². The number of benzene rings is 1. The third-order valence-electron chi connectivity index (χ3n) is 4.41. The minimum Gasteiger partial charge on any atom is -0.495 e. The summed E-state index contributed by atoms with van der Waals surface area (Å²) in [6.45, 7) is 5.33. The molecule has 146 valence electrons. The molecule has 8 nitrogen and oxygen atoms in total. The van der Waals surface area contributed by atoms with E-state index in [1.54, 1.807) is 24.1 Å². The van der Waals surface area contributed by atoms with Crippen molar-refractivity contribution < 1.29 is 19.1 Å². The van der Waals surface area contributed by atoms with Crippen molar-refractivity contribution in [1.29, 1.82) is 0 Å². The third kappa shape index (κ3) is 6.02. The lowest BCUT2D eigenvalue weighted by molar-refractivity contribution is -0.139. The van der Waals surface area contributed by atoms with E-state index in [-0.39, 0.29) is 18.5 Å². The number of carbonyl (C=O) groups excluding carboxylic acids is 3. The highest BCUT2D eigenvalue weighted by atomic mass is 16.5. The number of carbonyl (C=O) groups is 3. The molecule has 0 atom stereocenters. The van der Waals surface area contributed by atoms with E-state index in [0.717, 1.165) is 12.8 Å². The number of amides is 4. The number of para-hydroxylation sites is 2. The molecule has 1 aromatic carbocycles. The van der Waals surface area contributed by atoms with Crippen LogP contribution in [-0.2, 0) is 9.59 Å². The molecule has 27 heavy (non-hydrogen) atoms. The van der Waals surface area contributed by atoms with Crippen molar-refractivity contribution in [2.45, 2.75) is 12.8 Å². The number of likely N-dealkylation sites (tertiary alicyclic amines) is 1. The molecule has 0 saturated carbocycles. The molecule has 1 heterocycles. The molecule has 0 aliphatic carbocycles. The van der Waals surface area contributed by atoms with E-state index in [9.17, 15) is 14.4 Å². The van der Waals surface area contributed by atoms with Crippen LogP contribution < -0.4 is 20.7 Å². The third-order valence-corrected chi connectivity index (χ3v) is 4.41. The van der Waals surface area contributed by atoms with Gasteiger partial charge in [-0.2, -0.15) is 0 Å². The van der Waals surface area contributed by atoms with Crippen LogP contribution >= 0.6 is 0 Å². The van der Waals surface area contributed by atoms with Crippen molar-refractivity contribution in [2.24, 2.45) is 5.92 Å². The first kappa shape index (κ1) is 20.3. The lowest BCUT2D eigenvalue weighted by Gasteiger charge is -2.32. The quantitative estimate of drug-likeness (QED) is 0.517. The van der Waals surface area contributed by atoms with Gasteiger partial charge in [0.05, 0.1) is 12.8 Å². The smallest absolute Gasteiger partial charge is 0.321 e. The van der Waals surface area contributed by atoms with Crippen molar-refractivity contribution >= 4 is 23.5 Å². The Kier molecular flexibility index (Phi) is 7.66. The fourth-order valence-corrected chi connectivity index (χ4v) is 2.84. The van der Waals surface area contributed by atoms with Gasteiger partial charge in [-0.3, -0.25) is 9.59 Å². The topological polar surface area (TPSA) is 99.8 Å². The van der Waals surface area contributed by atoms with Gasteiger partial charge < -0.3 is 25.6 Å². The summed E-state index contributed by atoms with van der Waals surface area (Å²) in [4.78, 5) is 37.3. The zero-order valence-corrected chi connectivity index (χ0v) is 15.5. The van der Waals surface area contributed by atoms with Crippen molar-refractivity contribution in [3.8, 4) is 5.75 Å². The highest BCUT2D eigenvalue weighted by Crippen LogP contribution is 2.24. The zero-order chi connectivity index (χ0) is 19.6. The molecule has 0 bridgehead atoms. The summed E-state index contributed by atoms with van der Waals surface area (Å²) in [5, 5.41) is 7.94. The largest absolute Gasteiger partial charge is 0.495 e. The maximum atomic E-state index is 12.4. The molecule has 1 saturated heterocycles. The van der Waals surface area contributed by atoms with Crippen LogP contribution in [0.1, 0.15) is 12.8 Å². The molecule has 2 rings (SSSR count). The highest BCUT2D eigenvalue weighted by molar-refractivity contribution is 6.35. The molecule has 8 heteroatoms. The molecule has 1 aliphatic rings. The highest BCUT2D eigenvalue weighted by Gasteiger charge is 2.24. The molecule has 4 amide bonds. The Morgan fingerprint density at radius 3 is 2.52 bits per heavy atom. The number of hydrogen-bond donors (Lipinski definition) is 3. The normalized spacial score (nSPS) is 14.2. The van der Waals surface area contributed by atoms with Crippen LogP contribution in [0.3, 0.4) is 0 Å². The second-order valence-electron chi connectivity index (χ2n) is 6.27.